The Labute approximate surface area is 82.5 Å². The first kappa shape index (κ1) is 8.01. The standard InChI is InChI=1S/C7H5BrClN3/c8-5-1-2-12-7(3-5)10-6(4-9)11-12/h1-3H,4H2. The van der Waals surface area contributed by atoms with Gasteiger partial charge in [0.25, 0.3) is 0 Å². The van der Waals surface area contributed by atoms with Crippen LogP contribution in [0.25, 0.3) is 5.65 Å². The smallest absolute Gasteiger partial charge is 0.166 e. The molecule has 2 aromatic rings. The third-order valence-corrected chi connectivity index (χ3v) is 2.20. The van der Waals surface area contributed by atoms with Gasteiger partial charge < -0.3 is 0 Å². The van der Waals surface area contributed by atoms with E-state index in [1.165, 1.54) is 0 Å². The van der Waals surface area contributed by atoms with Crippen molar-refractivity contribution in [1.29, 1.82) is 0 Å². The summed E-state index contributed by atoms with van der Waals surface area (Å²) in [5.41, 5.74) is 0.806. The highest BCUT2D eigenvalue weighted by atomic mass is 79.9. The SMILES string of the molecule is ClCc1nc2cc(Br)ccn2n1. The van der Waals surface area contributed by atoms with Gasteiger partial charge >= 0.3 is 0 Å². The molecule has 5 heteroatoms. The van der Waals surface area contributed by atoms with Crippen molar-refractivity contribution < 1.29 is 0 Å². The Morgan fingerprint density at radius 1 is 1.58 bits per heavy atom. The first-order chi connectivity index (χ1) is 5.79. The zero-order valence-corrected chi connectivity index (χ0v) is 8.38. The highest BCUT2D eigenvalue weighted by Gasteiger charge is 2.01. The van der Waals surface area contributed by atoms with E-state index in [-0.39, 0.29) is 0 Å². The number of halogens is 2. The molecule has 0 saturated heterocycles. The third-order valence-electron chi connectivity index (χ3n) is 1.46. The minimum Gasteiger partial charge on any atom is -0.221 e. The summed E-state index contributed by atoms with van der Waals surface area (Å²) in [6, 6.07) is 3.79. The second kappa shape index (κ2) is 3.03. The summed E-state index contributed by atoms with van der Waals surface area (Å²) < 4.78 is 2.69. The van der Waals surface area contributed by atoms with Gasteiger partial charge in [-0.25, -0.2) is 9.50 Å². The summed E-state index contributed by atoms with van der Waals surface area (Å²) in [6.45, 7) is 0. The van der Waals surface area contributed by atoms with E-state index in [1.54, 1.807) is 4.52 Å². The van der Waals surface area contributed by atoms with Crippen LogP contribution >= 0.6 is 27.5 Å². The Bertz CT molecular complexity index is 412. The normalized spacial score (nSPS) is 10.8. The van der Waals surface area contributed by atoms with Crippen LogP contribution in [-0.2, 0) is 5.88 Å². The second-order valence-corrected chi connectivity index (χ2v) is 3.49. The largest absolute Gasteiger partial charge is 0.221 e. The number of hydrogen-bond donors (Lipinski definition) is 0. The number of nitrogens with zero attached hydrogens (tertiary/aromatic N) is 3. The lowest BCUT2D eigenvalue weighted by molar-refractivity contribution is 0.922. The van der Waals surface area contributed by atoms with Crippen LogP contribution in [0, 0.1) is 0 Å². The number of pyridine rings is 1. The Morgan fingerprint density at radius 3 is 3.17 bits per heavy atom. The van der Waals surface area contributed by atoms with Gasteiger partial charge in [0.2, 0.25) is 0 Å². The second-order valence-electron chi connectivity index (χ2n) is 2.31. The molecule has 0 saturated carbocycles. The van der Waals surface area contributed by atoms with Gasteiger partial charge in [-0.05, 0) is 12.1 Å². The van der Waals surface area contributed by atoms with E-state index in [0.29, 0.717) is 11.7 Å². The van der Waals surface area contributed by atoms with Crippen LogP contribution in [-0.4, -0.2) is 14.6 Å². The topological polar surface area (TPSA) is 30.2 Å². The van der Waals surface area contributed by atoms with Crippen LogP contribution in [0.15, 0.2) is 22.8 Å². The number of alkyl halides is 1. The first-order valence-electron chi connectivity index (χ1n) is 3.36. The predicted molar refractivity (Wildman–Crippen MR) is 50.2 cm³/mol. The van der Waals surface area contributed by atoms with E-state index in [4.69, 9.17) is 11.6 Å². The average Bonchev–Trinajstić information content (AvgIpc) is 2.46. The minimum atomic E-state index is 0.347. The molecule has 0 N–H and O–H groups in total. The van der Waals surface area contributed by atoms with Gasteiger partial charge in [0.1, 0.15) is 0 Å². The van der Waals surface area contributed by atoms with Crippen molar-refractivity contribution in [3.05, 3.63) is 28.6 Å². The number of rotatable bonds is 1. The van der Waals surface area contributed by atoms with Gasteiger partial charge in [0, 0.05) is 10.7 Å². The molecule has 0 atom stereocenters. The summed E-state index contributed by atoms with van der Waals surface area (Å²) in [6.07, 6.45) is 1.84. The molecule has 2 heterocycles. The first-order valence-corrected chi connectivity index (χ1v) is 4.69. The van der Waals surface area contributed by atoms with Crippen LogP contribution in [0.4, 0.5) is 0 Å². The van der Waals surface area contributed by atoms with E-state index in [0.717, 1.165) is 10.1 Å². The molecular weight excluding hydrogens is 241 g/mol. The van der Waals surface area contributed by atoms with Crippen molar-refractivity contribution in [3.8, 4) is 0 Å². The molecule has 62 valence electrons. The molecule has 0 unspecified atom stereocenters. The van der Waals surface area contributed by atoms with E-state index in [9.17, 15) is 0 Å². The van der Waals surface area contributed by atoms with Crippen molar-refractivity contribution in [3.63, 3.8) is 0 Å². The molecule has 0 radical (unpaired) electrons. The van der Waals surface area contributed by atoms with E-state index < -0.39 is 0 Å². The van der Waals surface area contributed by atoms with Gasteiger partial charge in [-0.2, -0.15) is 5.10 Å². The average molecular weight is 246 g/mol. The fourth-order valence-corrected chi connectivity index (χ4v) is 1.40. The third kappa shape index (κ3) is 1.32. The molecule has 0 amide bonds. The molecule has 0 aliphatic rings. The maximum Gasteiger partial charge on any atom is 0.166 e. The zero-order chi connectivity index (χ0) is 8.55. The Balaban J connectivity index is 2.67. The van der Waals surface area contributed by atoms with Gasteiger partial charge in [-0.3, -0.25) is 0 Å². The molecule has 3 nitrogen and oxygen atoms in total. The number of aromatic nitrogens is 3. The molecule has 0 spiro atoms. The molecule has 0 aliphatic carbocycles. The summed E-state index contributed by atoms with van der Waals surface area (Å²) in [4.78, 5) is 4.18. The van der Waals surface area contributed by atoms with Crippen molar-refractivity contribution in [2.45, 2.75) is 5.88 Å². The molecule has 0 aromatic carbocycles. The van der Waals surface area contributed by atoms with E-state index >= 15 is 0 Å². The quantitative estimate of drug-likeness (QED) is 0.722. The molecule has 12 heavy (non-hydrogen) atoms. The van der Waals surface area contributed by atoms with E-state index in [1.807, 2.05) is 18.3 Å². The van der Waals surface area contributed by atoms with Crippen LogP contribution in [0.3, 0.4) is 0 Å². The summed E-state index contributed by atoms with van der Waals surface area (Å²) in [5, 5.41) is 4.13. The molecule has 0 aliphatic heterocycles. The molecular formula is C7H5BrClN3. The minimum absolute atomic E-state index is 0.347. The van der Waals surface area contributed by atoms with Crippen molar-refractivity contribution in [2.75, 3.05) is 0 Å². The van der Waals surface area contributed by atoms with Gasteiger partial charge in [0.15, 0.2) is 11.5 Å². The summed E-state index contributed by atoms with van der Waals surface area (Å²) >= 11 is 8.94. The molecule has 2 rings (SSSR count). The fourth-order valence-electron chi connectivity index (χ4n) is 0.959. The van der Waals surface area contributed by atoms with Gasteiger partial charge in [-0.15, -0.1) is 11.6 Å². The highest BCUT2D eigenvalue weighted by Crippen LogP contribution is 2.11. The Hall–Kier alpha value is -0.610. The van der Waals surface area contributed by atoms with Gasteiger partial charge in [-0.1, -0.05) is 15.9 Å². The predicted octanol–water partition coefficient (Wildman–Crippen LogP) is 2.23. The monoisotopic (exact) mass is 245 g/mol. The molecule has 0 bridgehead atoms. The lowest BCUT2D eigenvalue weighted by Gasteiger charge is -1.89. The highest BCUT2D eigenvalue weighted by molar-refractivity contribution is 9.10. The van der Waals surface area contributed by atoms with E-state index in [2.05, 4.69) is 26.0 Å². The number of hydrogen-bond acceptors (Lipinski definition) is 2. The van der Waals surface area contributed by atoms with Crippen molar-refractivity contribution in [2.24, 2.45) is 0 Å². The van der Waals surface area contributed by atoms with Crippen LogP contribution in [0.5, 0.6) is 0 Å². The van der Waals surface area contributed by atoms with Crippen molar-refractivity contribution >= 4 is 33.2 Å². The zero-order valence-electron chi connectivity index (χ0n) is 6.04. The molecule has 0 fully saturated rings. The lowest BCUT2D eigenvalue weighted by atomic mass is 10.5. The summed E-state index contributed by atoms with van der Waals surface area (Å²) in [7, 11) is 0. The fraction of sp³-hybridized carbons (Fsp3) is 0.143. The summed E-state index contributed by atoms with van der Waals surface area (Å²) in [5.74, 6) is 0.994. The Morgan fingerprint density at radius 2 is 2.42 bits per heavy atom. The molecule has 2 aromatic heterocycles. The van der Waals surface area contributed by atoms with Gasteiger partial charge in [0.05, 0.1) is 5.88 Å². The van der Waals surface area contributed by atoms with Crippen LogP contribution in [0.2, 0.25) is 0 Å². The Kier molecular flexibility index (Phi) is 2.02. The lowest BCUT2D eigenvalue weighted by Crippen LogP contribution is -1.85. The maximum absolute atomic E-state index is 5.59. The van der Waals surface area contributed by atoms with Crippen LogP contribution < -0.4 is 0 Å². The van der Waals surface area contributed by atoms with Crippen molar-refractivity contribution in [1.82, 2.24) is 14.6 Å². The maximum atomic E-state index is 5.59. The van der Waals surface area contributed by atoms with Crippen LogP contribution in [0.1, 0.15) is 5.82 Å². The number of fused-ring (bicyclic) bond motifs is 1.